The van der Waals surface area contributed by atoms with Crippen molar-refractivity contribution in [3.63, 3.8) is 0 Å². The van der Waals surface area contributed by atoms with Crippen LogP contribution in [0.2, 0.25) is 0 Å². The second-order valence-corrected chi connectivity index (χ2v) is 5.23. The van der Waals surface area contributed by atoms with E-state index in [1.807, 2.05) is 13.8 Å². The summed E-state index contributed by atoms with van der Waals surface area (Å²) in [5, 5.41) is 4.07. The van der Waals surface area contributed by atoms with Gasteiger partial charge in [0.1, 0.15) is 0 Å². The number of aromatic nitrogens is 2. The number of hydrogen-bond acceptors (Lipinski definition) is 4. The van der Waals surface area contributed by atoms with E-state index in [9.17, 15) is 4.79 Å². The minimum absolute atomic E-state index is 0.135. The summed E-state index contributed by atoms with van der Waals surface area (Å²) in [6.07, 6.45) is 1.60. The summed E-state index contributed by atoms with van der Waals surface area (Å²) >= 11 is 5.00. The van der Waals surface area contributed by atoms with Crippen molar-refractivity contribution in [2.75, 3.05) is 7.11 Å². The van der Waals surface area contributed by atoms with E-state index in [4.69, 9.17) is 22.7 Å². The third-order valence-corrected chi connectivity index (χ3v) is 3.44. The Bertz CT molecular complexity index is 482. The second kappa shape index (κ2) is 5.95. The molecule has 0 unspecified atom stereocenters. The van der Waals surface area contributed by atoms with E-state index in [-0.39, 0.29) is 11.0 Å². The Morgan fingerprint density at radius 1 is 1.56 bits per heavy atom. The first-order chi connectivity index (χ1) is 8.36. The van der Waals surface area contributed by atoms with Gasteiger partial charge in [-0.15, -0.1) is 5.10 Å². The lowest BCUT2D eigenvalue weighted by atomic mass is 9.88. The third-order valence-electron chi connectivity index (χ3n) is 2.89. The molecule has 1 rings (SSSR count). The van der Waals surface area contributed by atoms with Gasteiger partial charge in [-0.05, 0) is 12.8 Å². The molecule has 0 radical (unpaired) electrons. The number of nitrogens with two attached hydrogens (primary N) is 1. The SMILES string of the molecule is COc1ccc(=O)n(CCCC(C)(C)C(N)=S)n1. The van der Waals surface area contributed by atoms with E-state index in [1.165, 1.54) is 17.9 Å². The maximum absolute atomic E-state index is 11.6. The monoisotopic (exact) mass is 269 g/mol. The highest BCUT2D eigenvalue weighted by Gasteiger charge is 2.20. The van der Waals surface area contributed by atoms with E-state index in [1.54, 1.807) is 6.07 Å². The first-order valence-corrected chi connectivity index (χ1v) is 6.20. The summed E-state index contributed by atoms with van der Waals surface area (Å²) < 4.78 is 6.38. The molecule has 0 spiro atoms. The van der Waals surface area contributed by atoms with Crippen molar-refractivity contribution in [2.24, 2.45) is 11.1 Å². The number of aryl methyl sites for hydroxylation is 1. The van der Waals surface area contributed by atoms with E-state index in [0.29, 0.717) is 17.4 Å². The van der Waals surface area contributed by atoms with Crippen molar-refractivity contribution >= 4 is 17.2 Å². The molecule has 0 aromatic carbocycles. The van der Waals surface area contributed by atoms with Gasteiger partial charge in [-0.3, -0.25) is 4.79 Å². The van der Waals surface area contributed by atoms with Gasteiger partial charge in [-0.1, -0.05) is 26.1 Å². The van der Waals surface area contributed by atoms with Gasteiger partial charge in [0.2, 0.25) is 5.88 Å². The van der Waals surface area contributed by atoms with Crippen molar-refractivity contribution in [3.05, 3.63) is 22.5 Å². The number of hydrogen-bond donors (Lipinski definition) is 1. The Hall–Kier alpha value is -1.43. The van der Waals surface area contributed by atoms with Crippen molar-refractivity contribution in [1.82, 2.24) is 9.78 Å². The Morgan fingerprint density at radius 2 is 2.22 bits per heavy atom. The normalized spacial score (nSPS) is 11.3. The molecule has 1 heterocycles. The van der Waals surface area contributed by atoms with Crippen LogP contribution in [0.3, 0.4) is 0 Å². The maximum Gasteiger partial charge on any atom is 0.266 e. The van der Waals surface area contributed by atoms with Crippen LogP contribution in [-0.2, 0) is 6.54 Å². The van der Waals surface area contributed by atoms with E-state index in [0.717, 1.165) is 12.8 Å². The molecule has 0 aliphatic heterocycles. The van der Waals surface area contributed by atoms with Gasteiger partial charge in [0.05, 0.1) is 12.1 Å². The van der Waals surface area contributed by atoms with Gasteiger partial charge < -0.3 is 10.5 Å². The number of nitrogens with zero attached hydrogens (tertiary/aromatic N) is 2. The topological polar surface area (TPSA) is 70.1 Å². The molecule has 100 valence electrons. The predicted octanol–water partition coefficient (Wildman–Crippen LogP) is 1.34. The predicted molar refractivity (Wildman–Crippen MR) is 74.8 cm³/mol. The smallest absolute Gasteiger partial charge is 0.266 e. The zero-order valence-electron chi connectivity index (χ0n) is 11.0. The van der Waals surface area contributed by atoms with Crippen LogP contribution >= 0.6 is 12.2 Å². The zero-order valence-corrected chi connectivity index (χ0v) is 11.8. The third kappa shape index (κ3) is 3.80. The molecule has 6 heteroatoms. The maximum atomic E-state index is 11.6. The molecule has 0 bridgehead atoms. The molecule has 0 saturated heterocycles. The molecule has 18 heavy (non-hydrogen) atoms. The average Bonchev–Trinajstić information content (AvgIpc) is 2.31. The van der Waals surface area contributed by atoms with Crippen molar-refractivity contribution in [3.8, 4) is 5.88 Å². The van der Waals surface area contributed by atoms with Crippen molar-refractivity contribution < 1.29 is 4.74 Å². The van der Waals surface area contributed by atoms with Crippen LogP contribution < -0.4 is 16.0 Å². The lowest BCUT2D eigenvalue weighted by Crippen LogP contribution is -2.30. The number of ether oxygens (including phenoxy) is 1. The fraction of sp³-hybridized carbons (Fsp3) is 0.583. The highest BCUT2D eigenvalue weighted by Crippen LogP contribution is 2.22. The van der Waals surface area contributed by atoms with E-state index >= 15 is 0 Å². The molecular weight excluding hydrogens is 250 g/mol. The molecule has 5 nitrogen and oxygen atoms in total. The second-order valence-electron chi connectivity index (χ2n) is 4.79. The fourth-order valence-electron chi connectivity index (χ4n) is 1.49. The summed E-state index contributed by atoms with van der Waals surface area (Å²) in [4.78, 5) is 12.1. The summed E-state index contributed by atoms with van der Waals surface area (Å²) in [6.45, 7) is 4.52. The number of methoxy groups -OCH3 is 1. The van der Waals surface area contributed by atoms with Gasteiger partial charge in [-0.25, -0.2) is 4.68 Å². The number of rotatable bonds is 6. The van der Waals surface area contributed by atoms with Crippen LogP contribution in [0.4, 0.5) is 0 Å². The molecule has 1 aromatic rings. The Kier molecular flexibility index (Phi) is 4.84. The lowest BCUT2D eigenvalue weighted by Gasteiger charge is -2.22. The molecule has 2 N–H and O–H groups in total. The highest BCUT2D eigenvalue weighted by atomic mass is 32.1. The Labute approximate surface area is 112 Å². The van der Waals surface area contributed by atoms with E-state index < -0.39 is 0 Å². The first-order valence-electron chi connectivity index (χ1n) is 5.79. The largest absolute Gasteiger partial charge is 0.480 e. The summed E-state index contributed by atoms with van der Waals surface area (Å²) in [5.41, 5.74) is 5.32. The fourth-order valence-corrected chi connectivity index (χ4v) is 1.60. The average molecular weight is 269 g/mol. The zero-order chi connectivity index (χ0) is 13.8. The van der Waals surface area contributed by atoms with Crippen LogP contribution in [0.25, 0.3) is 0 Å². The lowest BCUT2D eigenvalue weighted by molar-refractivity contribution is 0.365. The van der Waals surface area contributed by atoms with Crippen molar-refractivity contribution in [2.45, 2.75) is 33.2 Å². The summed E-state index contributed by atoms with van der Waals surface area (Å²) in [7, 11) is 1.52. The standard InChI is InChI=1S/C12H19N3O2S/c1-12(2,11(13)18)7-4-8-15-10(16)6-5-9(14-15)17-3/h5-6H,4,7-8H2,1-3H3,(H2,13,18). The van der Waals surface area contributed by atoms with Gasteiger partial charge in [0, 0.05) is 24.1 Å². The number of thiocarbonyl (C=S) groups is 1. The summed E-state index contributed by atoms with van der Waals surface area (Å²) in [5.74, 6) is 0.434. The van der Waals surface area contributed by atoms with Crippen LogP contribution in [0, 0.1) is 5.41 Å². The molecule has 0 atom stereocenters. The van der Waals surface area contributed by atoms with Gasteiger partial charge >= 0.3 is 0 Å². The van der Waals surface area contributed by atoms with E-state index in [2.05, 4.69) is 5.10 Å². The first kappa shape index (κ1) is 14.6. The molecule has 0 aliphatic rings. The van der Waals surface area contributed by atoms with Gasteiger partial charge in [0.25, 0.3) is 5.56 Å². The summed E-state index contributed by atoms with van der Waals surface area (Å²) in [6, 6.07) is 3.00. The molecular formula is C12H19N3O2S. The minimum atomic E-state index is -0.197. The Balaban J connectivity index is 2.64. The Morgan fingerprint density at radius 3 is 2.78 bits per heavy atom. The molecule has 0 aliphatic carbocycles. The molecule has 0 amide bonds. The van der Waals surface area contributed by atoms with Crippen LogP contribution in [-0.4, -0.2) is 21.9 Å². The highest BCUT2D eigenvalue weighted by molar-refractivity contribution is 7.80. The molecule has 1 aromatic heterocycles. The van der Waals surface area contributed by atoms with Crippen LogP contribution in [0.1, 0.15) is 26.7 Å². The quantitative estimate of drug-likeness (QED) is 0.789. The van der Waals surface area contributed by atoms with Crippen LogP contribution in [0.5, 0.6) is 5.88 Å². The molecule has 0 saturated carbocycles. The van der Waals surface area contributed by atoms with Crippen molar-refractivity contribution in [1.29, 1.82) is 0 Å². The van der Waals surface area contributed by atoms with Gasteiger partial charge in [-0.2, -0.15) is 0 Å². The minimum Gasteiger partial charge on any atom is -0.480 e. The molecule has 0 fully saturated rings. The van der Waals surface area contributed by atoms with Crippen LogP contribution in [0.15, 0.2) is 16.9 Å². The van der Waals surface area contributed by atoms with Gasteiger partial charge in [0.15, 0.2) is 0 Å².